The lowest BCUT2D eigenvalue weighted by Gasteiger charge is -2.43. The van der Waals surface area contributed by atoms with E-state index in [0.717, 1.165) is 19.5 Å². The summed E-state index contributed by atoms with van der Waals surface area (Å²) in [6.07, 6.45) is 1.13. The van der Waals surface area contributed by atoms with Gasteiger partial charge >= 0.3 is 0 Å². The summed E-state index contributed by atoms with van der Waals surface area (Å²) in [7, 11) is 0. The second kappa shape index (κ2) is 5.06. The van der Waals surface area contributed by atoms with Gasteiger partial charge in [0.15, 0.2) is 0 Å². The quantitative estimate of drug-likeness (QED) is 0.892. The monoisotopic (exact) mass is 265 g/mol. The van der Waals surface area contributed by atoms with E-state index in [1.807, 2.05) is 0 Å². The molecule has 1 fully saturated rings. The van der Waals surface area contributed by atoms with Crippen LogP contribution in [-0.4, -0.2) is 13.1 Å². The smallest absolute Gasteiger partial charge is 0.0242 e. The van der Waals surface area contributed by atoms with Crippen molar-refractivity contribution in [3.05, 3.63) is 70.3 Å². The third kappa shape index (κ3) is 2.38. The van der Waals surface area contributed by atoms with Crippen LogP contribution < -0.4 is 5.32 Å². The molecule has 104 valence electrons. The van der Waals surface area contributed by atoms with Crippen molar-refractivity contribution in [1.29, 1.82) is 0 Å². The molecular formula is C19H23N. The molecule has 20 heavy (non-hydrogen) atoms. The maximum atomic E-state index is 3.46. The van der Waals surface area contributed by atoms with E-state index in [9.17, 15) is 0 Å². The third-order valence-corrected chi connectivity index (χ3v) is 4.70. The fourth-order valence-electron chi connectivity index (χ4n) is 3.07. The SMILES string of the molecule is Cc1ccc(C2(Cc3ccc(C)c(C)c3)CNC2)cc1. The zero-order chi connectivity index (χ0) is 14.2. The van der Waals surface area contributed by atoms with E-state index in [0.29, 0.717) is 0 Å². The molecule has 1 aliphatic rings. The van der Waals surface area contributed by atoms with Crippen molar-refractivity contribution in [3.8, 4) is 0 Å². The molecule has 3 rings (SSSR count). The van der Waals surface area contributed by atoms with Gasteiger partial charge in [-0.3, -0.25) is 0 Å². The number of nitrogens with one attached hydrogen (secondary N) is 1. The average molecular weight is 265 g/mol. The first-order valence-electron chi connectivity index (χ1n) is 7.43. The Kier molecular flexibility index (Phi) is 3.39. The van der Waals surface area contributed by atoms with Crippen molar-refractivity contribution < 1.29 is 0 Å². The summed E-state index contributed by atoms with van der Waals surface area (Å²) >= 11 is 0. The molecule has 1 heterocycles. The minimum atomic E-state index is 0.287. The maximum absolute atomic E-state index is 3.46. The summed E-state index contributed by atoms with van der Waals surface area (Å²) in [4.78, 5) is 0. The van der Waals surface area contributed by atoms with Crippen LogP contribution >= 0.6 is 0 Å². The van der Waals surface area contributed by atoms with Gasteiger partial charge in [0.05, 0.1) is 0 Å². The molecule has 0 amide bonds. The number of hydrogen-bond acceptors (Lipinski definition) is 1. The van der Waals surface area contributed by atoms with Crippen LogP contribution in [0.1, 0.15) is 27.8 Å². The van der Waals surface area contributed by atoms with Crippen molar-refractivity contribution in [1.82, 2.24) is 5.32 Å². The van der Waals surface area contributed by atoms with Crippen molar-refractivity contribution in [2.24, 2.45) is 0 Å². The minimum Gasteiger partial charge on any atom is -0.315 e. The van der Waals surface area contributed by atoms with Gasteiger partial charge in [-0.1, -0.05) is 48.0 Å². The van der Waals surface area contributed by atoms with Gasteiger partial charge in [0.25, 0.3) is 0 Å². The van der Waals surface area contributed by atoms with Gasteiger partial charge in [0.1, 0.15) is 0 Å². The van der Waals surface area contributed by atoms with Crippen LogP contribution in [0.2, 0.25) is 0 Å². The molecule has 0 aliphatic carbocycles. The molecule has 2 aromatic rings. The number of hydrogen-bond donors (Lipinski definition) is 1. The van der Waals surface area contributed by atoms with Gasteiger partial charge in [0, 0.05) is 18.5 Å². The maximum Gasteiger partial charge on any atom is 0.0242 e. The molecule has 0 radical (unpaired) electrons. The number of rotatable bonds is 3. The second-order valence-corrected chi connectivity index (χ2v) is 6.35. The van der Waals surface area contributed by atoms with Crippen LogP contribution in [-0.2, 0) is 11.8 Å². The largest absolute Gasteiger partial charge is 0.315 e. The van der Waals surface area contributed by atoms with Crippen molar-refractivity contribution in [2.75, 3.05) is 13.1 Å². The molecule has 1 heteroatoms. The van der Waals surface area contributed by atoms with Gasteiger partial charge in [-0.25, -0.2) is 0 Å². The Bertz CT molecular complexity index is 606. The van der Waals surface area contributed by atoms with E-state index < -0.39 is 0 Å². The Morgan fingerprint density at radius 3 is 2.15 bits per heavy atom. The van der Waals surface area contributed by atoms with Crippen LogP contribution in [0.25, 0.3) is 0 Å². The normalized spacial score (nSPS) is 16.8. The van der Waals surface area contributed by atoms with E-state index in [1.165, 1.54) is 27.8 Å². The lowest BCUT2D eigenvalue weighted by molar-refractivity contribution is 0.274. The van der Waals surface area contributed by atoms with Gasteiger partial charge in [-0.2, -0.15) is 0 Å². The van der Waals surface area contributed by atoms with Gasteiger partial charge < -0.3 is 5.32 Å². The summed E-state index contributed by atoms with van der Waals surface area (Å²) in [5.41, 5.74) is 7.33. The van der Waals surface area contributed by atoms with Gasteiger partial charge in [-0.15, -0.1) is 0 Å². The lowest BCUT2D eigenvalue weighted by atomic mass is 9.70. The third-order valence-electron chi connectivity index (χ3n) is 4.70. The highest BCUT2D eigenvalue weighted by Crippen LogP contribution is 2.33. The predicted molar refractivity (Wildman–Crippen MR) is 85.3 cm³/mol. The van der Waals surface area contributed by atoms with Crippen molar-refractivity contribution >= 4 is 0 Å². The highest BCUT2D eigenvalue weighted by molar-refractivity contribution is 5.37. The van der Waals surface area contributed by atoms with Gasteiger partial charge in [-0.05, 0) is 49.4 Å². The molecule has 0 saturated carbocycles. The van der Waals surface area contributed by atoms with E-state index in [-0.39, 0.29) is 5.41 Å². The van der Waals surface area contributed by atoms with Crippen LogP contribution in [0, 0.1) is 20.8 Å². The number of benzene rings is 2. The zero-order valence-corrected chi connectivity index (χ0v) is 12.7. The average Bonchev–Trinajstić information content (AvgIpc) is 2.39. The lowest BCUT2D eigenvalue weighted by Crippen LogP contribution is -2.58. The first-order chi connectivity index (χ1) is 9.59. The molecule has 0 unspecified atom stereocenters. The van der Waals surface area contributed by atoms with Crippen molar-refractivity contribution in [2.45, 2.75) is 32.6 Å². The summed E-state index contributed by atoms with van der Waals surface area (Å²) in [5, 5.41) is 3.46. The van der Waals surface area contributed by atoms with Crippen LogP contribution in [0.5, 0.6) is 0 Å². The molecule has 1 nitrogen and oxygen atoms in total. The molecule has 1 N–H and O–H groups in total. The first kappa shape index (κ1) is 13.4. The summed E-state index contributed by atoms with van der Waals surface area (Å²) in [6, 6.07) is 16.0. The Balaban J connectivity index is 1.89. The Hall–Kier alpha value is -1.60. The second-order valence-electron chi connectivity index (χ2n) is 6.35. The fraction of sp³-hybridized carbons (Fsp3) is 0.368. The molecule has 1 saturated heterocycles. The van der Waals surface area contributed by atoms with Crippen LogP contribution in [0.15, 0.2) is 42.5 Å². The van der Waals surface area contributed by atoms with E-state index in [2.05, 4.69) is 68.6 Å². The highest BCUT2D eigenvalue weighted by Gasteiger charge is 2.38. The summed E-state index contributed by atoms with van der Waals surface area (Å²) < 4.78 is 0. The minimum absolute atomic E-state index is 0.287. The Morgan fingerprint density at radius 1 is 0.900 bits per heavy atom. The Morgan fingerprint density at radius 2 is 1.60 bits per heavy atom. The molecular weight excluding hydrogens is 242 g/mol. The topological polar surface area (TPSA) is 12.0 Å². The van der Waals surface area contributed by atoms with Crippen LogP contribution in [0.3, 0.4) is 0 Å². The molecule has 0 atom stereocenters. The highest BCUT2D eigenvalue weighted by atomic mass is 15.0. The first-order valence-corrected chi connectivity index (χ1v) is 7.43. The van der Waals surface area contributed by atoms with E-state index in [4.69, 9.17) is 0 Å². The molecule has 0 aromatic heterocycles. The van der Waals surface area contributed by atoms with Crippen LogP contribution in [0.4, 0.5) is 0 Å². The van der Waals surface area contributed by atoms with E-state index in [1.54, 1.807) is 0 Å². The zero-order valence-electron chi connectivity index (χ0n) is 12.7. The van der Waals surface area contributed by atoms with Gasteiger partial charge in [0.2, 0.25) is 0 Å². The summed E-state index contributed by atoms with van der Waals surface area (Å²) in [5.74, 6) is 0. The number of aryl methyl sites for hydroxylation is 3. The Labute approximate surface area is 122 Å². The van der Waals surface area contributed by atoms with Crippen molar-refractivity contribution in [3.63, 3.8) is 0 Å². The summed E-state index contributed by atoms with van der Waals surface area (Å²) in [6.45, 7) is 8.71. The van der Waals surface area contributed by atoms with E-state index >= 15 is 0 Å². The molecule has 1 aliphatic heterocycles. The molecule has 0 spiro atoms. The standard InChI is InChI=1S/C19H23N/c1-14-4-8-18(9-5-14)19(12-20-13-19)11-17-7-6-15(2)16(3)10-17/h4-10,20H,11-13H2,1-3H3. The predicted octanol–water partition coefficient (Wildman–Crippen LogP) is 3.70. The molecule has 0 bridgehead atoms. The molecule has 2 aromatic carbocycles. The fourth-order valence-corrected chi connectivity index (χ4v) is 3.07.